The number of hydrogen-bond acceptors (Lipinski definition) is 4. The highest BCUT2D eigenvalue weighted by Crippen LogP contribution is 2.18. The van der Waals surface area contributed by atoms with Crippen LogP contribution in [-0.2, 0) is 14.4 Å². The molecule has 0 saturated carbocycles. The zero-order valence-corrected chi connectivity index (χ0v) is 13.8. The maximum absolute atomic E-state index is 12.3. The van der Waals surface area contributed by atoms with E-state index in [9.17, 15) is 19.2 Å². The van der Waals surface area contributed by atoms with Crippen LogP contribution in [0.5, 0.6) is 0 Å². The van der Waals surface area contributed by atoms with Crippen molar-refractivity contribution in [2.75, 3.05) is 13.1 Å². The quantitative estimate of drug-likeness (QED) is 0.605. The molecule has 128 valence electrons. The van der Waals surface area contributed by atoms with E-state index in [2.05, 4.69) is 5.32 Å². The molecule has 1 heterocycles. The molecule has 1 N–H and O–H groups in total. The number of rotatable bonds is 7. The minimum atomic E-state index is -0.955. The molecule has 5 amide bonds. The molecule has 1 atom stereocenters. The van der Waals surface area contributed by atoms with E-state index in [1.54, 1.807) is 6.92 Å². The lowest BCUT2D eigenvalue weighted by atomic mass is 10.0. The lowest BCUT2D eigenvalue weighted by Crippen LogP contribution is -2.42. The van der Waals surface area contributed by atoms with Crippen LogP contribution in [0, 0.1) is 0 Å². The Bertz CT molecular complexity index is 644. The molecule has 0 unspecified atom stereocenters. The van der Waals surface area contributed by atoms with Gasteiger partial charge in [0.1, 0.15) is 6.54 Å². The number of nitrogens with zero attached hydrogens (tertiary/aromatic N) is 2. The predicted molar refractivity (Wildman–Crippen MR) is 86.7 cm³/mol. The highest BCUT2D eigenvalue weighted by molar-refractivity contribution is 6.45. The van der Waals surface area contributed by atoms with Gasteiger partial charge in [-0.15, -0.1) is 0 Å². The van der Waals surface area contributed by atoms with Crippen molar-refractivity contribution in [3.63, 3.8) is 0 Å². The van der Waals surface area contributed by atoms with Crippen molar-refractivity contribution in [1.29, 1.82) is 0 Å². The molecule has 1 saturated heterocycles. The second-order valence-electron chi connectivity index (χ2n) is 5.54. The SMILES string of the molecule is CCC[C@H](NC(=O)CN1C(=O)C(=O)N(CC)C1=O)c1ccccc1. The molecule has 0 spiro atoms. The summed E-state index contributed by atoms with van der Waals surface area (Å²) >= 11 is 0. The van der Waals surface area contributed by atoms with Gasteiger partial charge in [-0.25, -0.2) is 9.69 Å². The van der Waals surface area contributed by atoms with E-state index >= 15 is 0 Å². The van der Waals surface area contributed by atoms with Gasteiger partial charge in [-0.2, -0.15) is 0 Å². The summed E-state index contributed by atoms with van der Waals surface area (Å²) in [7, 11) is 0. The average molecular weight is 331 g/mol. The lowest BCUT2D eigenvalue weighted by molar-refractivity contribution is -0.144. The smallest absolute Gasteiger partial charge is 0.334 e. The maximum Gasteiger partial charge on any atom is 0.334 e. The average Bonchev–Trinajstić information content (AvgIpc) is 2.78. The van der Waals surface area contributed by atoms with Gasteiger partial charge in [-0.05, 0) is 18.9 Å². The molecule has 0 bridgehead atoms. The van der Waals surface area contributed by atoms with E-state index in [1.165, 1.54) is 0 Å². The molecule has 0 aliphatic carbocycles. The van der Waals surface area contributed by atoms with E-state index in [0.29, 0.717) is 4.90 Å². The Hall–Kier alpha value is -2.70. The van der Waals surface area contributed by atoms with Crippen LogP contribution in [0.1, 0.15) is 38.3 Å². The van der Waals surface area contributed by atoms with Crippen LogP contribution >= 0.6 is 0 Å². The van der Waals surface area contributed by atoms with E-state index < -0.39 is 30.3 Å². The van der Waals surface area contributed by atoms with E-state index in [0.717, 1.165) is 23.3 Å². The van der Waals surface area contributed by atoms with Gasteiger partial charge in [0.2, 0.25) is 5.91 Å². The fraction of sp³-hybridized carbons (Fsp3) is 0.412. The Morgan fingerprint density at radius 3 is 2.21 bits per heavy atom. The van der Waals surface area contributed by atoms with Gasteiger partial charge in [0.15, 0.2) is 0 Å². The molecule has 1 aromatic rings. The summed E-state index contributed by atoms with van der Waals surface area (Å²) in [5.41, 5.74) is 0.957. The largest absolute Gasteiger partial charge is 0.348 e. The Labute approximate surface area is 140 Å². The summed E-state index contributed by atoms with van der Waals surface area (Å²) in [6.45, 7) is 3.25. The molecular formula is C17H21N3O4. The van der Waals surface area contributed by atoms with Crippen molar-refractivity contribution >= 4 is 23.8 Å². The molecule has 1 fully saturated rings. The highest BCUT2D eigenvalue weighted by atomic mass is 16.2. The first kappa shape index (κ1) is 17.7. The topological polar surface area (TPSA) is 86.8 Å². The van der Waals surface area contributed by atoms with E-state index in [1.807, 2.05) is 37.3 Å². The van der Waals surface area contributed by atoms with Gasteiger partial charge in [0.05, 0.1) is 6.04 Å². The monoisotopic (exact) mass is 331 g/mol. The Morgan fingerprint density at radius 2 is 1.67 bits per heavy atom. The minimum absolute atomic E-state index is 0.101. The number of amides is 5. The maximum atomic E-state index is 12.3. The molecule has 1 aliphatic rings. The minimum Gasteiger partial charge on any atom is -0.348 e. The van der Waals surface area contributed by atoms with Crippen molar-refractivity contribution in [3.05, 3.63) is 35.9 Å². The number of imide groups is 2. The van der Waals surface area contributed by atoms with Crippen molar-refractivity contribution in [2.45, 2.75) is 32.7 Å². The highest BCUT2D eigenvalue weighted by Gasteiger charge is 2.44. The van der Waals surface area contributed by atoms with Gasteiger partial charge < -0.3 is 5.32 Å². The number of carbonyl (C=O) groups is 4. The molecule has 7 nitrogen and oxygen atoms in total. The van der Waals surface area contributed by atoms with Gasteiger partial charge in [0.25, 0.3) is 0 Å². The lowest BCUT2D eigenvalue weighted by Gasteiger charge is -2.20. The van der Waals surface area contributed by atoms with Gasteiger partial charge in [-0.1, -0.05) is 43.7 Å². The zero-order chi connectivity index (χ0) is 17.7. The molecule has 24 heavy (non-hydrogen) atoms. The Balaban J connectivity index is 2.05. The third-order valence-electron chi connectivity index (χ3n) is 3.87. The van der Waals surface area contributed by atoms with Gasteiger partial charge in [-0.3, -0.25) is 19.3 Å². The Morgan fingerprint density at radius 1 is 1.04 bits per heavy atom. The standard InChI is InChI=1S/C17H21N3O4/c1-3-8-13(12-9-6-5-7-10-12)18-14(21)11-20-16(23)15(22)19(4-2)17(20)24/h5-7,9-10,13H,3-4,8,11H2,1-2H3,(H,18,21)/t13-/m0/s1. The van der Waals surface area contributed by atoms with E-state index in [4.69, 9.17) is 0 Å². The summed E-state index contributed by atoms with van der Waals surface area (Å²) in [5, 5.41) is 2.84. The van der Waals surface area contributed by atoms with Gasteiger partial charge in [0, 0.05) is 6.54 Å². The number of urea groups is 1. The second kappa shape index (κ2) is 7.72. The van der Waals surface area contributed by atoms with Crippen LogP contribution < -0.4 is 5.32 Å². The van der Waals surface area contributed by atoms with Crippen molar-refractivity contribution in [2.24, 2.45) is 0 Å². The van der Waals surface area contributed by atoms with Gasteiger partial charge >= 0.3 is 17.8 Å². The van der Waals surface area contributed by atoms with Crippen LogP contribution in [0.15, 0.2) is 30.3 Å². The molecule has 0 radical (unpaired) electrons. The van der Waals surface area contributed by atoms with Crippen LogP contribution in [-0.4, -0.2) is 46.6 Å². The van der Waals surface area contributed by atoms with Crippen LogP contribution in [0.4, 0.5) is 4.79 Å². The number of carbonyl (C=O) groups excluding carboxylic acids is 4. The fourth-order valence-corrected chi connectivity index (χ4v) is 2.65. The zero-order valence-electron chi connectivity index (χ0n) is 13.8. The summed E-state index contributed by atoms with van der Waals surface area (Å²) < 4.78 is 0. The number of hydrogen-bond donors (Lipinski definition) is 1. The molecule has 1 aromatic carbocycles. The summed E-state index contributed by atoms with van der Waals surface area (Å²) in [6.07, 6.45) is 1.60. The molecule has 7 heteroatoms. The third kappa shape index (κ3) is 3.61. The first-order chi connectivity index (χ1) is 11.5. The third-order valence-corrected chi connectivity index (χ3v) is 3.87. The van der Waals surface area contributed by atoms with Crippen LogP contribution in [0.3, 0.4) is 0 Å². The van der Waals surface area contributed by atoms with Crippen LogP contribution in [0.25, 0.3) is 0 Å². The number of benzene rings is 1. The predicted octanol–water partition coefficient (Wildman–Crippen LogP) is 1.45. The van der Waals surface area contributed by atoms with Crippen molar-refractivity contribution in [1.82, 2.24) is 15.1 Å². The molecule has 0 aromatic heterocycles. The number of likely N-dealkylation sites (N-methyl/N-ethyl adjacent to an activating group) is 1. The molecule has 1 aliphatic heterocycles. The van der Waals surface area contributed by atoms with Crippen molar-refractivity contribution in [3.8, 4) is 0 Å². The first-order valence-electron chi connectivity index (χ1n) is 8.01. The second-order valence-corrected chi connectivity index (χ2v) is 5.54. The summed E-state index contributed by atoms with van der Waals surface area (Å²) in [6, 6.07) is 8.54. The number of nitrogens with one attached hydrogen (secondary N) is 1. The Kier molecular flexibility index (Phi) is 5.68. The summed E-state index contributed by atoms with van der Waals surface area (Å²) in [4.78, 5) is 49.3. The molecular weight excluding hydrogens is 310 g/mol. The van der Waals surface area contributed by atoms with Crippen molar-refractivity contribution < 1.29 is 19.2 Å². The van der Waals surface area contributed by atoms with Crippen LogP contribution in [0.2, 0.25) is 0 Å². The summed E-state index contributed by atoms with van der Waals surface area (Å²) in [5.74, 6) is -2.31. The first-order valence-corrected chi connectivity index (χ1v) is 8.01. The normalized spacial score (nSPS) is 15.8. The molecule has 2 rings (SSSR count). The fourth-order valence-electron chi connectivity index (χ4n) is 2.65. The van der Waals surface area contributed by atoms with E-state index in [-0.39, 0.29) is 12.6 Å².